The SMILES string of the molecule is COC(=O)CC#Cc1ccc(Br)cc1. The van der Waals surface area contributed by atoms with Gasteiger partial charge in [0.15, 0.2) is 0 Å². The summed E-state index contributed by atoms with van der Waals surface area (Å²) in [5, 5.41) is 0. The lowest BCUT2D eigenvalue weighted by Crippen LogP contribution is -1.96. The second-order valence-corrected chi connectivity index (χ2v) is 3.48. The van der Waals surface area contributed by atoms with Gasteiger partial charge in [-0.2, -0.15) is 0 Å². The molecule has 2 nitrogen and oxygen atoms in total. The van der Waals surface area contributed by atoms with Gasteiger partial charge in [-0.15, -0.1) is 0 Å². The molecule has 0 aromatic heterocycles. The molecule has 14 heavy (non-hydrogen) atoms. The van der Waals surface area contributed by atoms with E-state index in [1.807, 2.05) is 24.3 Å². The van der Waals surface area contributed by atoms with E-state index < -0.39 is 0 Å². The van der Waals surface area contributed by atoms with E-state index in [9.17, 15) is 4.79 Å². The van der Waals surface area contributed by atoms with Crippen molar-refractivity contribution in [3.8, 4) is 11.8 Å². The Balaban J connectivity index is 2.59. The molecule has 72 valence electrons. The summed E-state index contributed by atoms with van der Waals surface area (Å²) in [5.74, 6) is 5.29. The lowest BCUT2D eigenvalue weighted by atomic mass is 10.2. The van der Waals surface area contributed by atoms with Crippen molar-refractivity contribution in [3.63, 3.8) is 0 Å². The summed E-state index contributed by atoms with van der Waals surface area (Å²) in [4.78, 5) is 10.7. The molecule has 0 aliphatic carbocycles. The molecule has 0 N–H and O–H groups in total. The number of carbonyl (C=O) groups is 1. The Morgan fingerprint density at radius 1 is 1.43 bits per heavy atom. The van der Waals surface area contributed by atoms with Crippen LogP contribution in [-0.2, 0) is 9.53 Å². The molecule has 1 rings (SSSR count). The fourth-order valence-corrected chi connectivity index (χ4v) is 1.09. The topological polar surface area (TPSA) is 26.3 Å². The second-order valence-electron chi connectivity index (χ2n) is 2.56. The summed E-state index contributed by atoms with van der Waals surface area (Å²) in [6.07, 6.45) is 0.132. The highest BCUT2D eigenvalue weighted by molar-refractivity contribution is 9.10. The maximum absolute atomic E-state index is 10.7. The molecule has 0 atom stereocenters. The minimum absolute atomic E-state index is 0.132. The zero-order valence-corrected chi connectivity index (χ0v) is 9.30. The molecule has 0 spiro atoms. The van der Waals surface area contributed by atoms with Crippen LogP contribution in [0.15, 0.2) is 28.7 Å². The van der Waals surface area contributed by atoms with Gasteiger partial charge in [0.2, 0.25) is 0 Å². The Morgan fingerprint density at radius 3 is 2.64 bits per heavy atom. The highest BCUT2D eigenvalue weighted by Crippen LogP contribution is 2.09. The van der Waals surface area contributed by atoms with Crippen LogP contribution in [-0.4, -0.2) is 13.1 Å². The minimum atomic E-state index is -0.311. The molecule has 0 saturated heterocycles. The lowest BCUT2D eigenvalue weighted by Gasteiger charge is -1.91. The number of benzene rings is 1. The van der Waals surface area contributed by atoms with Crippen molar-refractivity contribution >= 4 is 21.9 Å². The zero-order chi connectivity index (χ0) is 10.4. The third kappa shape index (κ3) is 3.63. The molecule has 0 saturated carbocycles. The van der Waals surface area contributed by atoms with E-state index in [1.54, 1.807) is 0 Å². The van der Waals surface area contributed by atoms with Crippen LogP contribution in [0.25, 0.3) is 0 Å². The van der Waals surface area contributed by atoms with Gasteiger partial charge in [-0.25, -0.2) is 0 Å². The number of rotatable bonds is 1. The van der Waals surface area contributed by atoms with E-state index in [1.165, 1.54) is 7.11 Å². The van der Waals surface area contributed by atoms with Crippen LogP contribution in [0.1, 0.15) is 12.0 Å². The number of esters is 1. The van der Waals surface area contributed by atoms with E-state index in [4.69, 9.17) is 0 Å². The first-order valence-corrected chi connectivity index (χ1v) is 4.83. The number of hydrogen-bond acceptors (Lipinski definition) is 2. The number of carbonyl (C=O) groups excluding carboxylic acids is 1. The molecular formula is C11H9BrO2. The van der Waals surface area contributed by atoms with Crippen LogP contribution < -0.4 is 0 Å². The van der Waals surface area contributed by atoms with Crippen molar-refractivity contribution in [1.82, 2.24) is 0 Å². The Bertz CT molecular complexity index is 371. The summed E-state index contributed by atoms with van der Waals surface area (Å²) in [6, 6.07) is 7.58. The molecule has 0 aliphatic heterocycles. The second kappa shape index (κ2) is 5.46. The van der Waals surface area contributed by atoms with Crippen LogP contribution in [0.2, 0.25) is 0 Å². The van der Waals surface area contributed by atoms with Crippen molar-refractivity contribution in [3.05, 3.63) is 34.3 Å². The van der Waals surface area contributed by atoms with Gasteiger partial charge in [0, 0.05) is 10.0 Å². The molecule has 3 heteroatoms. The average molecular weight is 253 g/mol. The Hall–Kier alpha value is -1.27. The summed E-state index contributed by atoms with van der Waals surface area (Å²) < 4.78 is 5.47. The summed E-state index contributed by atoms with van der Waals surface area (Å²) in [5.41, 5.74) is 0.886. The number of methoxy groups -OCH3 is 1. The predicted octanol–water partition coefficient (Wildman–Crippen LogP) is 2.36. The number of hydrogen-bond donors (Lipinski definition) is 0. The van der Waals surface area contributed by atoms with Gasteiger partial charge in [0.05, 0.1) is 7.11 Å². The van der Waals surface area contributed by atoms with Crippen molar-refractivity contribution in [2.75, 3.05) is 7.11 Å². The van der Waals surface area contributed by atoms with Gasteiger partial charge in [0.1, 0.15) is 6.42 Å². The summed E-state index contributed by atoms with van der Waals surface area (Å²) >= 11 is 3.33. The molecule has 0 amide bonds. The molecular weight excluding hydrogens is 244 g/mol. The molecule has 0 heterocycles. The van der Waals surface area contributed by atoms with Gasteiger partial charge in [-0.3, -0.25) is 4.79 Å². The van der Waals surface area contributed by atoms with Crippen molar-refractivity contribution in [2.24, 2.45) is 0 Å². The third-order valence-electron chi connectivity index (χ3n) is 1.54. The average Bonchev–Trinajstić information content (AvgIpc) is 2.21. The number of ether oxygens (including phenoxy) is 1. The fraction of sp³-hybridized carbons (Fsp3) is 0.182. The maximum Gasteiger partial charge on any atom is 0.317 e. The molecule has 0 aliphatic rings. The van der Waals surface area contributed by atoms with E-state index in [2.05, 4.69) is 32.5 Å². The molecule has 0 bridgehead atoms. The maximum atomic E-state index is 10.7. The zero-order valence-electron chi connectivity index (χ0n) is 7.71. The molecule has 0 fully saturated rings. The highest BCUT2D eigenvalue weighted by atomic mass is 79.9. The minimum Gasteiger partial charge on any atom is -0.468 e. The summed E-state index contributed by atoms with van der Waals surface area (Å²) in [6.45, 7) is 0. The van der Waals surface area contributed by atoms with E-state index in [0.29, 0.717) is 0 Å². The van der Waals surface area contributed by atoms with Crippen LogP contribution in [0.4, 0.5) is 0 Å². The van der Waals surface area contributed by atoms with Gasteiger partial charge in [0.25, 0.3) is 0 Å². The number of halogens is 1. The lowest BCUT2D eigenvalue weighted by molar-refractivity contribution is -0.139. The largest absolute Gasteiger partial charge is 0.468 e. The fourth-order valence-electron chi connectivity index (χ4n) is 0.824. The molecule has 1 aromatic rings. The predicted molar refractivity (Wildman–Crippen MR) is 57.7 cm³/mol. The molecule has 1 aromatic carbocycles. The van der Waals surface area contributed by atoms with Gasteiger partial charge in [-0.1, -0.05) is 27.8 Å². The van der Waals surface area contributed by atoms with Crippen molar-refractivity contribution in [2.45, 2.75) is 6.42 Å². The van der Waals surface area contributed by atoms with Crippen molar-refractivity contribution < 1.29 is 9.53 Å². The van der Waals surface area contributed by atoms with Crippen LogP contribution in [0.3, 0.4) is 0 Å². The Labute approximate surface area is 91.4 Å². The standard InChI is InChI=1S/C11H9BrO2/c1-14-11(13)4-2-3-9-5-7-10(12)8-6-9/h5-8H,4H2,1H3. The van der Waals surface area contributed by atoms with E-state index >= 15 is 0 Å². The quantitative estimate of drug-likeness (QED) is 0.567. The molecule has 0 radical (unpaired) electrons. The monoisotopic (exact) mass is 252 g/mol. The van der Waals surface area contributed by atoms with E-state index in [-0.39, 0.29) is 12.4 Å². The molecule has 0 unspecified atom stereocenters. The Morgan fingerprint density at radius 2 is 2.07 bits per heavy atom. The first-order valence-electron chi connectivity index (χ1n) is 4.03. The first-order chi connectivity index (χ1) is 6.72. The van der Waals surface area contributed by atoms with E-state index in [0.717, 1.165) is 10.0 Å². The third-order valence-corrected chi connectivity index (χ3v) is 2.07. The van der Waals surface area contributed by atoms with Crippen molar-refractivity contribution in [1.29, 1.82) is 0 Å². The van der Waals surface area contributed by atoms with Gasteiger partial charge in [-0.05, 0) is 24.3 Å². The van der Waals surface area contributed by atoms with Crippen LogP contribution in [0, 0.1) is 11.8 Å². The Kier molecular flexibility index (Phi) is 4.21. The van der Waals surface area contributed by atoms with Crippen LogP contribution in [0.5, 0.6) is 0 Å². The smallest absolute Gasteiger partial charge is 0.317 e. The van der Waals surface area contributed by atoms with Crippen LogP contribution >= 0.6 is 15.9 Å². The van der Waals surface area contributed by atoms with Gasteiger partial charge >= 0.3 is 5.97 Å². The highest BCUT2D eigenvalue weighted by Gasteiger charge is 1.93. The summed E-state index contributed by atoms with van der Waals surface area (Å²) in [7, 11) is 1.35. The van der Waals surface area contributed by atoms with Gasteiger partial charge < -0.3 is 4.74 Å². The first kappa shape index (κ1) is 10.8. The normalized spacial score (nSPS) is 8.71.